The third-order valence-corrected chi connectivity index (χ3v) is 5.27. The van der Waals surface area contributed by atoms with Gasteiger partial charge < -0.3 is 9.84 Å². The summed E-state index contributed by atoms with van der Waals surface area (Å²) in [6.45, 7) is 3.58. The zero-order valence-electron chi connectivity index (χ0n) is 16.7. The lowest BCUT2D eigenvalue weighted by Gasteiger charge is -2.03. The van der Waals surface area contributed by atoms with Crippen LogP contribution in [0.4, 0.5) is 5.69 Å². The molecular weight excluding hydrogens is 420 g/mol. The number of thioether (sulfide) groups is 1. The largest absolute Gasteiger partial charge is 0.506 e. The minimum Gasteiger partial charge on any atom is -0.506 e. The molecule has 0 saturated heterocycles. The number of carbonyl (C=O) groups excluding carboxylic acids is 2. The van der Waals surface area contributed by atoms with Crippen LogP contribution in [0.1, 0.15) is 28.4 Å². The number of hydrogen-bond acceptors (Lipinski definition) is 7. The van der Waals surface area contributed by atoms with Crippen molar-refractivity contribution in [3.05, 3.63) is 91.6 Å². The average molecular weight is 438 g/mol. The Morgan fingerprint density at radius 3 is 2.58 bits per heavy atom. The second-order valence-corrected chi connectivity index (χ2v) is 7.53. The number of aryl methyl sites for hydroxylation is 1. The molecule has 1 aliphatic rings. The van der Waals surface area contributed by atoms with Crippen molar-refractivity contribution in [2.75, 3.05) is 6.61 Å². The Morgan fingerprint density at radius 2 is 1.94 bits per heavy atom. The quantitative estimate of drug-likeness (QED) is 0.411. The van der Waals surface area contributed by atoms with Crippen molar-refractivity contribution in [1.82, 2.24) is 0 Å². The van der Waals surface area contributed by atoms with E-state index < -0.39 is 22.6 Å². The topological polar surface area (TPSA) is 119 Å². The zero-order valence-corrected chi connectivity index (χ0v) is 17.5. The van der Waals surface area contributed by atoms with Crippen LogP contribution in [0.5, 0.6) is 0 Å². The molecule has 0 unspecified atom stereocenters. The van der Waals surface area contributed by atoms with E-state index in [1.54, 1.807) is 37.3 Å². The number of nitrogens with zero attached hydrogens (tertiary/aromatic N) is 2. The molecule has 2 aromatic rings. The van der Waals surface area contributed by atoms with Gasteiger partial charge in [0.2, 0.25) is 0 Å². The molecule has 0 spiro atoms. The van der Waals surface area contributed by atoms with Crippen LogP contribution in [0.2, 0.25) is 0 Å². The van der Waals surface area contributed by atoms with Gasteiger partial charge in [-0.05, 0) is 37.6 Å². The van der Waals surface area contributed by atoms with Crippen LogP contribution < -0.4 is 0 Å². The number of ether oxygens (including phenoxy) is 1. The minimum absolute atomic E-state index is 0.00166. The smallest absolute Gasteiger partial charge is 0.344 e. The van der Waals surface area contributed by atoms with Crippen molar-refractivity contribution in [1.29, 1.82) is 0 Å². The monoisotopic (exact) mass is 438 g/mol. The molecule has 1 heterocycles. The predicted molar refractivity (Wildman–Crippen MR) is 118 cm³/mol. The molecule has 0 radical (unpaired) electrons. The van der Waals surface area contributed by atoms with Crippen LogP contribution in [-0.2, 0) is 9.53 Å². The number of aliphatic hydroxyl groups excluding tert-OH is 1. The Morgan fingerprint density at radius 1 is 1.23 bits per heavy atom. The maximum Gasteiger partial charge on any atom is 0.344 e. The molecular formula is C22H18N2O6S. The normalized spacial score (nSPS) is 16.1. The minimum atomic E-state index is -0.814. The van der Waals surface area contributed by atoms with E-state index in [1.165, 1.54) is 24.3 Å². The maximum atomic E-state index is 12.6. The molecule has 0 saturated carbocycles. The van der Waals surface area contributed by atoms with E-state index in [1.807, 2.05) is 6.92 Å². The molecule has 2 aromatic carbocycles. The van der Waals surface area contributed by atoms with Crippen LogP contribution in [-0.4, -0.2) is 33.6 Å². The summed E-state index contributed by atoms with van der Waals surface area (Å²) in [5, 5.41) is 21.6. The van der Waals surface area contributed by atoms with Gasteiger partial charge in [0.05, 0.1) is 16.4 Å². The van der Waals surface area contributed by atoms with Crippen molar-refractivity contribution < 1.29 is 24.4 Å². The van der Waals surface area contributed by atoms with Gasteiger partial charge in [0, 0.05) is 17.7 Å². The number of nitro groups is 1. The second-order valence-electron chi connectivity index (χ2n) is 6.49. The lowest BCUT2D eigenvalue weighted by molar-refractivity contribution is -0.384. The fourth-order valence-electron chi connectivity index (χ4n) is 2.72. The number of non-ortho nitro benzene ring substituents is 1. The van der Waals surface area contributed by atoms with Crippen LogP contribution >= 0.6 is 11.8 Å². The molecule has 31 heavy (non-hydrogen) atoms. The maximum absolute atomic E-state index is 12.6. The van der Waals surface area contributed by atoms with Crippen molar-refractivity contribution in [2.45, 2.75) is 13.8 Å². The molecule has 8 nitrogen and oxygen atoms in total. The Kier molecular flexibility index (Phi) is 6.66. The molecule has 0 aliphatic carbocycles. The number of nitro benzene ring substituents is 1. The lowest BCUT2D eigenvalue weighted by Crippen LogP contribution is -2.14. The summed E-state index contributed by atoms with van der Waals surface area (Å²) in [7, 11) is 0. The van der Waals surface area contributed by atoms with Gasteiger partial charge in [-0.1, -0.05) is 41.6 Å². The van der Waals surface area contributed by atoms with E-state index in [-0.39, 0.29) is 27.8 Å². The first-order chi connectivity index (χ1) is 14.8. The first-order valence-electron chi connectivity index (χ1n) is 9.25. The summed E-state index contributed by atoms with van der Waals surface area (Å²) in [5.41, 5.74) is 1.42. The fraction of sp³-hybridized carbons (Fsp3) is 0.136. The number of esters is 1. The highest BCUT2D eigenvalue weighted by atomic mass is 32.2. The van der Waals surface area contributed by atoms with E-state index in [9.17, 15) is 24.8 Å². The summed E-state index contributed by atoms with van der Waals surface area (Å²) in [6.07, 6.45) is 1.48. The highest BCUT2D eigenvalue weighted by Gasteiger charge is 2.34. The van der Waals surface area contributed by atoms with E-state index in [4.69, 9.17) is 4.74 Å². The number of hydrogen-bond donors (Lipinski definition) is 1. The van der Waals surface area contributed by atoms with Crippen LogP contribution in [0.3, 0.4) is 0 Å². The average Bonchev–Trinajstić information content (AvgIpc) is 3.03. The number of aliphatic hydroxyl groups is 1. The van der Waals surface area contributed by atoms with Gasteiger partial charge in [-0.3, -0.25) is 14.9 Å². The van der Waals surface area contributed by atoms with E-state index in [0.29, 0.717) is 11.1 Å². The second kappa shape index (κ2) is 9.40. The van der Waals surface area contributed by atoms with Gasteiger partial charge in [-0.25, -0.2) is 9.79 Å². The first kappa shape index (κ1) is 22.0. The lowest BCUT2D eigenvalue weighted by atomic mass is 10.1. The van der Waals surface area contributed by atoms with Gasteiger partial charge in [0.1, 0.15) is 16.4 Å². The molecule has 1 aliphatic heterocycles. The van der Waals surface area contributed by atoms with Crippen LogP contribution in [0, 0.1) is 17.0 Å². The van der Waals surface area contributed by atoms with Crippen molar-refractivity contribution in [3.8, 4) is 0 Å². The number of carbonyl (C=O) groups is 2. The summed E-state index contributed by atoms with van der Waals surface area (Å²) in [5.74, 6) is -1.79. The number of aliphatic imine (C=N–C) groups is 1. The molecule has 1 amide bonds. The van der Waals surface area contributed by atoms with Crippen LogP contribution in [0.15, 0.2) is 69.8 Å². The van der Waals surface area contributed by atoms with Gasteiger partial charge in [0.15, 0.2) is 0 Å². The molecule has 0 bridgehead atoms. The number of amides is 1. The van der Waals surface area contributed by atoms with Crippen molar-refractivity contribution in [3.63, 3.8) is 0 Å². The molecule has 0 aromatic heterocycles. The summed E-state index contributed by atoms with van der Waals surface area (Å²) in [4.78, 5) is 39.7. The van der Waals surface area contributed by atoms with Crippen molar-refractivity contribution in [2.24, 2.45) is 4.99 Å². The first-order valence-corrected chi connectivity index (χ1v) is 10.1. The molecule has 158 valence electrons. The number of rotatable bonds is 5. The zero-order chi connectivity index (χ0) is 22.5. The Bertz CT molecular complexity index is 1150. The Hall–Kier alpha value is -3.72. The molecule has 3 rings (SSSR count). The third-order valence-electron chi connectivity index (χ3n) is 4.25. The van der Waals surface area contributed by atoms with Gasteiger partial charge >= 0.3 is 5.97 Å². The van der Waals surface area contributed by atoms with E-state index in [0.717, 1.165) is 17.3 Å². The van der Waals surface area contributed by atoms with Crippen molar-refractivity contribution >= 4 is 40.4 Å². The summed E-state index contributed by atoms with van der Waals surface area (Å²) in [6, 6.07) is 12.6. The van der Waals surface area contributed by atoms with E-state index >= 15 is 0 Å². The molecule has 1 N–H and O–H groups in total. The highest BCUT2D eigenvalue weighted by Crippen LogP contribution is 2.39. The highest BCUT2D eigenvalue weighted by molar-refractivity contribution is 8.18. The number of benzene rings is 2. The Balaban J connectivity index is 2.01. The van der Waals surface area contributed by atoms with Gasteiger partial charge in [0.25, 0.3) is 11.6 Å². The molecule has 0 atom stereocenters. The Labute approximate surface area is 182 Å². The predicted octanol–water partition coefficient (Wildman–Crippen LogP) is 4.61. The van der Waals surface area contributed by atoms with E-state index in [2.05, 4.69) is 4.99 Å². The van der Waals surface area contributed by atoms with Gasteiger partial charge in [-0.2, -0.15) is 0 Å². The van der Waals surface area contributed by atoms with Crippen LogP contribution in [0.25, 0.3) is 6.08 Å². The molecule has 9 heteroatoms. The summed E-state index contributed by atoms with van der Waals surface area (Å²) < 4.78 is 5.00. The summed E-state index contributed by atoms with van der Waals surface area (Å²) >= 11 is 0.912. The standard InChI is InChI=1S/C22H18N2O6S/c1-3-30-22(27)18-19(25)17(12-14-5-4-6-16(11-14)24(28)29)31-21(18)23-20(26)15-9-7-13(2)8-10-15/h4-12,25H,3H2,1-2H3/b17-12-,23-21?. The molecule has 0 fully saturated rings. The third kappa shape index (κ3) is 5.07. The fourth-order valence-corrected chi connectivity index (χ4v) is 3.74. The van der Waals surface area contributed by atoms with Gasteiger partial charge in [-0.15, -0.1) is 0 Å². The SMILES string of the molecule is CCOC(=O)C1=C(O)/C(=C/c2cccc([N+](=O)[O-])c2)SC1=NC(=O)c1ccc(C)cc1.